The molecule has 0 aliphatic carbocycles. The van der Waals surface area contributed by atoms with E-state index in [9.17, 15) is 4.79 Å². The van der Waals surface area contributed by atoms with Crippen LogP contribution in [0.4, 0.5) is 0 Å². The van der Waals surface area contributed by atoms with Gasteiger partial charge in [0.15, 0.2) is 0 Å². The van der Waals surface area contributed by atoms with Gasteiger partial charge in [0.2, 0.25) is 5.17 Å². The predicted octanol–water partition coefficient (Wildman–Crippen LogP) is -0.0162. The minimum absolute atomic E-state index is 0.135. The van der Waals surface area contributed by atoms with Crippen LogP contribution in [-0.4, -0.2) is 33.5 Å². The number of carboxylic acids is 1. The Hall–Kier alpha value is -0.810. The summed E-state index contributed by atoms with van der Waals surface area (Å²) in [6.45, 7) is 3.25. The van der Waals surface area contributed by atoms with Crippen molar-refractivity contribution in [3.05, 3.63) is 0 Å². The zero-order valence-electron chi connectivity index (χ0n) is 6.83. The molecule has 0 aromatic carbocycles. The van der Waals surface area contributed by atoms with Crippen molar-refractivity contribution in [3.63, 3.8) is 0 Å². The first-order valence-electron chi connectivity index (χ1n) is 3.24. The molecule has 0 radical (unpaired) electrons. The third-order valence-electron chi connectivity index (χ3n) is 0.865. The van der Waals surface area contributed by atoms with Gasteiger partial charge in [0.1, 0.15) is 0 Å². The molecule has 0 aromatic heterocycles. The summed E-state index contributed by atoms with van der Waals surface area (Å²) in [7, 11) is 0. The number of hydrazone groups is 1. The number of hydrogen-bond acceptors (Lipinski definition) is 4. The number of carboxylic acid groups (broad SMARTS) is 1. The summed E-state index contributed by atoms with van der Waals surface area (Å²) in [6.07, 6.45) is 0. The van der Waals surface area contributed by atoms with Crippen LogP contribution in [0.5, 0.6) is 0 Å². The molecular weight excluding hydrogens is 184 g/mol. The summed E-state index contributed by atoms with van der Waals surface area (Å²) in [5.41, 5.74) is 1.39. The van der Waals surface area contributed by atoms with E-state index in [1.807, 2.05) is 0 Å². The molecule has 12 heavy (non-hydrogen) atoms. The fraction of sp³-hybridized carbons (Fsp3) is 0.667. The van der Waals surface area contributed by atoms with E-state index < -0.39 is 16.7 Å². The molecule has 6 heteroatoms. The van der Waals surface area contributed by atoms with Gasteiger partial charge in [-0.1, -0.05) is 11.6 Å². The molecule has 3 N–H and O–H groups in total. The lowest BCUT2D eigenvalue weighted by molar-refractivity contribution is -0.129. The zero-order valence-corrected chi connectivity index (χ0v) is 7.59. The van der Waals surface area contributed by atoms with Crippen LogP contribution < -0.4 is 5.43 Å². The van der Waals surface area contributed by atoms with Crippen LogP contribution in [0.1, 0.15) is 13.8 Å². The van der Waals surface area contributed by atoms with Crippen molar-refractivity contribution in [1.82, 2.24) is 5.43 Å². The second kappa shape index (κ2) is 4.27. The molecule has 70 valence electrons. The SMILES string of the molecule is CC(C)(O)CNN=C(Cl)C(=O)O. The molecule has 0 aliphatic rings. The fourth-order valence-corrected chi connectivity index (χ4v) is 0.410. The number of nitrogens with zero attached hydrogens (tertiary/aromatic N) is 1. The van der Waals surface area contributed by atoms with E-state index in [0.717, 1.165) is 0 Å². The molecule has 0 amide bonds. The van der Waals surface area contributed by atoms with Gasteiger partial charge in [-0.05, 0) is 13.8 Å². The molecule has 0 rings (SSSR count). The van der Waals surface area contributed by atoms with Crippen LogP contribution in [-0.2, 0) is 4.79 Å². The lowest BCUT2D eigenvalue weighted by atomic mass is 10.1. The highest BCUT2D eigenvalue weighted by Gasteiger charge is 2.11. The van der Waals surface area contributed by atoms with E-state index in [1.165, 1.54) is 0 Å². The van der Waals surface area contributed by atoms with E-state index in [4.69, 9.17) is 21.8 Å². The first-order valence-corrected chi connectivity index (χ1v) is 3.62. The van der Waals surface area contributed by atoms with Gasteiger partial charge in [-0.2, -0.15) is 5.10 Å². The molecule has 0 saturated heterocycles. The van der Waals surface area contributed by atoms with E-state index in [0.29, 0.717) is 0 Å². The summed E-state index contributed by atoms with van der Waals surface area (Å²) in [4.78, 5) is 10.1. The molecule has 0 spiro atoms. The van der Waals surface area contributed by atoms with Crippen LogP contribution in [0, 0.1) is 0 Å². The largest absolute Gasteiger partial charge is 0.476 e. The standard InChI is InChI=1S/C6H11ClN2O3/c1-6(2,12)3-8-9-4(7)5(10)11/h8,12H,3H2,1-2H3,(H,10,11). The Balaban J connectivity index is 3.83. The molecular formula is C6H11ClN2O3. The molecule has 0 heterocycles. The Labute approximate surface area is 75.0 Å². The van der Waals surface area contributed by atoms with Crippen molar-refractivity contribution in [2.24, 2.45) is 5.10 Å². The van der Waals surface area contributed by atoms with E-state index >= 15 is 0 Å². The minimum Gasteiger partial charge on any atom is -0.476 e. The van der Waals surface area contributed by atoms with Gasteiger partial charge in [0.25, 0.3) is 0 Å². The Bertz CT molecular complexity index is 197. The second-order valence-corrected chi connectivity index (χ2v) is 3.21. The normalized spacial score (nSPS) is 12.8. The molecule has 0 bridgehead atoms. The van der Waals surface area contributed by atoms with E-state index in [2.05, 4.69) is 10.5 Å². The van der Waals surface area contributed by atoms with Crippen molar-refractivity contribution in [1.29, 1.82) is 0 Å². The maximum Gasteiger partial charge on any atom is 0.368 e. The van der Waals surface area contributed by atoms with Crippen LogP contribution >= 0.6 is 11.6 Å². The van der Waals surface area contributed by atoms with Crippen LogP contribution in [0.2, 0.25) is 0 Å². The number of halogens is 1. The van der Waals surface area contributed by atoms with Crippen LogP contribution in [0.25, 0.3) is 0 Å². The molecule has 0 aliphatic heterocycles. The summed E-state index contributed by atoms with van der Waals surface area (Å²) >= 11 is 5.15. The number of aliphatic carboxylic acids is 1. The van der Waals surface area contributed by atoms with E-state index in [-0.39, 0.29) is 6.54 Å². The van der Waals surface area contributed by atoms with Crippen molar-refractivity contribution >= 4 is 22.7 Å². The molecule has 0 fully saturated rings. The number of hydrogen-bond donors (Lipinski definition) is 3. The summed E-state index contributed by atoms with van der Waals surface area (Å²) in [5.74, 6) is -1.31. The quantitative estimate of drug-likeness (QED) is 0.434. The first-order chi connectivity index (χ1) is 5.33. The van der Waals surface area contributed by atoms with Crippen molar-refractivity contribution < 1.29 is 15.0 Å². The topological polar surface area (TPSA) is 81.9 Å². The number of nitrogens with one attached hydrogen (secondary N) is 1. The highest BCUT2D eigenvalue weighted by molar-refractivity contribution is 6.81. The Morgan fingerprint density at radius 3 is 2.50 bits per heavy atom. The Morgan fingerprint density at radius 1 is 1.67 bits per heavy atom. The maximum absolute atomic E-state index is 10.1. The predicted molar refractivity (Wildman–Crippen MR) is 45.2 cm³/mol. The lowest BCUT2D eigenvalue weighted by Crippen LogP contribution is -2.32. The molecule has 0 atom stereocenters. The lowest BCUT2D eigenvalue weighted by Gasteiger charge is -2.15. The first kappa shape index (κ1) is 11.2. The monoisotopic (exact) mass is 194 g/mol. The van der Waals surface area contributed by atoms with Gasteiger partial charge in [-0.25, -0.2) is 4.79 Å². The summed E-state index contributed by atoms with van der Waals surface area (Å²) < 4.78 is 0. The average Bonchev–Trinajstić information content (AvgIpc) is 1.84. The zero-order chi connectivity index (χ0) is 9.78. The molecule has 0 saturated carbocycles. The fourth-order valence-electron chi connectivity index (χ4n) is 0.350. The van der Waals surface area contributed by atoms with Gasteiger partial charge in [0.05, 0.1) is 12.1 Å². The second-order valence-electron chi connectivity index (χ2n) is 2.86. The smallest absolute Gasteiger partial charge is 0.368 e. The van der Waals surface area contributed by atoms with Crippen molar-refractivity contribution in [3.8, 4) is 0 Å². The average molecular weight is 195 g/mol. The van der Waals surface area contributed by atoms with E-state index in [1.54, 1.807) is 13.8 Å². The Kier molecular flexibility index (Phi) is 3.99. The van der Waals surface area contributed by atoms with Gasteiger partial charge in [-0.3, -0.25) is 0 Å². The van der Waals surface area contributed by atoms with Gasteiger partial charge < -0.3 is 15.6 Å². The van der Waals surface area contributed by atoms with Gasteiger partial charge in [-0.15, -0.1) is 0 Å². The van der Waals surface area contributed by atoms with Crippen molar-refractivity contribution in [2.75, 3.05) is 6.54 Å². The van der Waals surface area contributed by atoms with Crippen molar-refractivity contribution in [2.45, 2.75) is 19.4 Å². The Morgan fingerprint density at radius 2 is 2.17 bits per heavy atom. The molecule has 0 unspecified atom stereocenters. The third kappa shape index (κ3) is 5.94. The van der Waals surface area contributed by atoms with Gasteiger partial charge in [0, 0.05) is 0 Å². The highest BCUT2D eigenvalue weighted by atomic mass is 35.5. The number of carbonyl (C=O) groups is 1. The number of aliphatic hydroxyl groups is 1. The number of rotatable bonds is 4. The van der Waals surface area contributed by atoms with Gasteiger partial charge >= 0.3 is 5.97 Å². The maximum atomic E-state index is 10.1. The minimum atomic E-state index is -1.31. The molecule has 5 nitrogen and oxygen atoms in total. The highest BCUT2D eigenvalue weighted by Crippen LogP contribution is 1.97. The van der Waals surface area contributed by atoms with Crippen LogP contribution in [0.15, 0.2) is 5.10 Å². The summed E-state index contributed by atoms with van der Waals surface area (Å²) in [5, 5.41) is 20.1. The third-order valence-corrected chi connectivity index (χ3v) is 1.11. The molecule has 0 aromatic rings. The van der Waals surface area contributed by atoms with Crippen LogP contribution in [0.3, 0.4) is 0 Å². The summed E-state index contributed by atoms with van der Waals surface area (Å²) in [6, 6.07) is 0.